The minimum absolute atomic E-state index is 0.117. The Balaban J connectivity index is 2.09. The van der Waals surface area contributed by atoms with Crippen LogP contribution in [0, 0.1) is 0 Å². The van der Waals surface area contributed by atoms with Crippen molar-refractivity contribution in [3.8, 4) is 16.9 Å². The summed E-state index contributed by atoms with van der Waals surface area (Å²) in [5, 5.41) is 23.7. The second-order valence-corrected chi connectivity index (χ2v) is 6.71. The van der Waals surface area contributed by atoms with E-state index in [1.54, 1.807) is 19.1 Å². The maximum atomic E-state index is 12.2. The summed E-state index contributed by atoms with van der Waals surface area (Å²) in [5.41, 5.74) is 2.91. The van der Waals surface area contributed by atoms with Crippen molar-refractivity contribution in [2.45, 2.75) is 13.0 Å². The van der Waals surface area contributed by atoms with E-state index in [-0.39, 0.29) is 11.3 Å². The molecule has 0 aliphatic heterocycles. The summed E-state index contributed by atoms with van der Waals surface area (Å²) in [5.74, 6) is 0.159. The monoisotopic (exact) mass is 337 g/mol. The summed E-state index contributed by atoms with van der Waals surface area (Å²) in [6, 6.07) is 12.7. The van der Waals surface area contributed by atoms with Gasteiger partial charge in [0.15, 0.2) is 0 Å². The molecule has 0 bridgehead atoms. The van der Waals surface area contributed by atoms with E-state index in [1.165, 1.54) is 11.3 Å². The Hall–Kier alpha value is -2.63. The number of hydrogen-bond acceptors (Lipinski definition) is 4. The van der Waals surface area contributed by atoms with Crippen LogP contribution in [-0.4, -0.2) is 15.2 Å². The van der Waals surface area contributed by atoms with Crippen LogP contribution >= 0.6 is 11.3 Å². The standard InChI is InChI=1S/C19H15NO3S/c1-10(21)11-2-4-12(5-3-11)16-15(22)7-6-14-17(16)13-8-9-24-18(13)19(23)20-14/h2-10,21-22H,1H3,(H,20,23)/t10-/m0/s1. The number of hydrogen-bond donors (Lipinski definition) is 3. The SMILES string of the molecule is C[C@H](O)c1ccc(-c2c(O)ccc3[nH]c(=O)c4sccc4c23)cc1. The van der Waals surface area contributed by atoms with Crippen molar-refractivity contribution in [2.75, 3.05) is 0 Å². The number of aliphatic hydroxyl groups is 1. The number of pyridine rings is 1. The van der Waals surface area contributed by atoms with Gasteiger partial charge in [0.05, 0.1) is 6.10 Å². The van der Waals surface area contributed by atoms with Crippen molar-refractivity contribution >= 4 is 32.3 Å². The third-order valence-electron chi connectivity index (χ3n) is 4.25. The summed E-state index contributed by atoms with van der Waals surface area (Å²) in [6.07, 6.45) is -0.542. The number of thiophene rings is 1. The van der Waals surface area contributed by atoms with Crippen molar-refractivity contribution in [2.24, 2.45) is 0 Å². The number of H-pyrrole nitrogens is 1. The second-order valence-electron chi connectivity index (χ2n) is 5.80. The zero-order chi connectivity index (χ0) is 16.8. The molecular weight excluding hydrogens is 322 g/mol. The number of phenols is 1. The predicted octanol–water partition coefficient (Wildman–Crippen LogP) is 4.17. The van der Waals surface area contributed by atoms with Crippen molar-refractivity contribution in [3.63, 3.8) is 0 Å². The van der Waals surface area contributed by atoms with Crippen LogP contribution in [0.2, 0.25) is 0 Å². The number of aromatic nitrogens is 1. The first-order valence-corrected chi connectivity index (χ1v) is 8.48. The minimum atomic E-state index is -0.542. The smallest absolute Gasteiger partial charge is 0.266 e. The molecule has 0 unspecified atom stereocenters. The predicted molar refractivity (Wildman–Crippen MR) is 97.7 cm³/mol. The van der Waals surface area contributed by atoms with Crippen molar-refractivity contribution < 1.29 is 10.2 Å². The molecule has 4 aromatic rings. The van der Waals surface area contributed by atoms with Crippen LogP contribution in [0.15, 0.2) is 52.6 Å². The third-order valence-corrected chi connectivity index (χ3v) is 5.17. The number of aromatic amines is 1. The zero-order valence-corrected chi connectivity index (χ0v) is 13.7. The molecule has 0 fully saturated rings. The van der Waals surface area contributed by atoms with Gasteiger partial charge in [-0.05, 0) is 41.6 Å². The van der Waals surface area contributed by atoms with Gasteiger partial charge in [0.25, 0.3) is 5.56 Å². The van der Waals surface area contributed by atoms with Gasteiger partial charge in [0.1, 0.15) is 10.4 Å². The highest BCUT2D eigenvalue weighted by Crippen LogP contribution is 2.39. The summed E-state index contributed by atoms with van der Waals surface area (Å²) in [6.45, 7) is 1.71. The van der Waals surface area contributed by atoms with Crippen LogP contribution in [0.25, 0.3) is 32.1 Å². The molecule has 0 saturated carbocycles. The van der Waals surface area contributed by atoms with Crippen LogP contribution in [0.3, 0.4) is 0 Å². The van der Waals surface area contributed by atoms with E-state index in [0.29, 0.717) is 15.8 Å². The van der Waals surface area contributed by atoms with E-state index in [2.05, 4.69) is 4.98 Å². The fourth-order valence-electron chi connectivity index (χ4n) is 3.06. The topological polar surface area (TPSA) is 73.3 Å². The van der Waals surface area contributed by atoms with Gasteiger partial charge in [-0.25, -0.2) is 0 Å². The van der Waals surface area contributed by atoms with Crippen molar-refractivity contribution in [1.29, 1.82) is 0 Å². The van der Waals surface area contributed by atoms with E-state index in [4.69, 9.17) is 0 Å². The lowest BCUT2D eigenvalue weighted by Gasteiger charge is -2.12. The molecule has 0 aliphatic rings. The van der Waals surface area contributed by atoms with Gasteiger partial charge in [-0.2, -0.15) is 0 Å². The molecule has 0 amide bonds. The average molecular weight is 337 g/mol. The number of benzene rings is 2. The molecule has 24 heavy (non-hydrogen) atoms. The Kier molecular flexibility index (Phi) is 3.40. The van der Waals surface area contributed by atoms with Gasteiger partial charge in [0, 0.05) is 21.9 Å². The molecule has 3 N–H and O–H groups in total. The summed E-state index contributed by atoms with van der Waals surface area (Å²) in [4.78, 5) is 15.1. The quantitative estimate of drug-likeness (QED) is 0.514. The highest BCUT2D eigenvalue weighted by molar-refractivity contribution is 7.17. The largest absolute Gasteiger partial charge is 0.507 e. The molecule has 0 radical (unpaired) electrons. The van der Waals surface area contributed by atoms with E-state index in [1.807, 2.05) is 35.7 Å². The number of aromatic hydroxyl groups is 1. The molecule has 120 valence electrons. The summed E-state index contributed by atoms with van der Waals surface area (Å²) < 4.78 is 0.648. The van der Waals surface area contributed by atoms with Gasteiger partial charge in [-0.1, -0.05) is 24.3 Å². The van der Waals surface area contributed by atoms with Gasteiger partial charge >= 0.3 is 0 Å². The highest BCUT2D eigenvalue weighted by Gasteiger charge is 2.15. The average Bonchev–Trinajstić information content (AvgIpc) is 3.06. The van der Waals surface area contributed by atoms with Gasteiger partial charge < -0.3 is 15.2 Å². The maximum Gasteiger partial charge on any atom is 0.266 e. The first-order chi connectivity index (χ1) is 11.6. The number of aliphatic hydroxyl groups excluding tert-OH is 1. The summed E-state index contributed by atoms with van der Waals surface area (Å²) in [7, 11) is 0. The molecule has 4 nitrogen and oxygen atoms in total. The number of nitrogens with one attached hydrogen (secondary N) is 1. The number of phenolic OH excluding ortho intramolecular Hbond substituents is 1. The van der Waals surface area contributed by atoms with Crippen molar-refractivity contribution in [3.05, 3.63) is 63.8 Å². The van der Waals surface area contributed by atoms with E-state index < -0.39 is 6.10 Å². The molecular formula is C19H15NO3S. The van der Waals surface area contributed by atoms with Crippen LogP contribution in [0.4, 0.5) is 0 Å². The zero-order valence-electron chi connectivity index (χ0n) is 12.9. The minimum Gasteiger partial charge on any atom is -0.507 e. The lowest BCUT2D eigenvalue weighted by atomic mass is 9.96. The van der Waals surface area contributed by atoms with Crippen LogP contribution in [0.1, 0.15) is 18.6 Å². The van der Waals surface area contributed by atoms with E-state index >= 15 is 0 Å². The normalized spacial score (nSPS) is 12.8. The first kappa shape index (κ1) is 14.9. The molecule has 4 rings (SSSR count). The lowest BCUT2D eigenvalue weighted by Crippen LogP contribution is -2.04. The fraction of sp³-hybridized carbons (Fsp3) is 0.105. The van der Waals surface area contributed by atoms with Gasteiger partial charge in [-0.3, -0.25) is 4.79 Å². The van der Waals surface area contributed by atoms with Crippen molar-refractivity contribution in [1.82, 2.24) is 4.98 Å². The maximum absolute atomic E-state index is 12.2. The van der Waals surface area contributed by atoms with Crippen LogP contribution in [-0.2, 0) is 0 Å². The fourth-order valence-corrected chi connectivity index (χ4v) is 3.85. The van der Waals surface area contributed by atoms with E-state index in [9.17, 15) is 15.0 Å². The molecule has 5 heteroatoms. The Bertz CT molecular complexity index is 1110. The Labute approximate surface area is 141 Å². The molecule has 2 aromatic heterocycles. The Morgan fingerprint density at radius 2 is 1.83 bits per heavy atom. The molecule has 0 saturated heterocycles. The second kappa shape index (κ2) is 5.47. The van der Waals surface area contributed by atoms with Gasteiger partial charge in [-0.15, -0.1) is 11.3 Å². The summed E-state index contributed by atoms with van der Waals surface area (Å²) >= 11 is 1.39. The van der Waals surface area contributed by atoms with Gasteiger partial charge in [0.2, 0.25) is 0 Å². The van der Waals surface area contributed by atoms with E-state index in [0.717, 1.165) is 21.9 Å². The molecule has 0 aliphatic carbocycles. The third kappa shape index (κ3) is 2.21. The Morgan fingerprint density at radius 3 is 2.54 bits per heavy atom. The molecule has 2 heterocycles. The molecule has 1 atom stereocenters. The lowest BCUT2D eigenvalue weighted by molar-refractivity contribution is 0.199. The molecule has 0 spiro atoms. The molecule has 2 aromatic carbocycles. The highest BCUT2D eigenvalue weighted by atomic mass is 32.1. The first-order valence-electron chi connectivity index (χ1n) is 7.60. The van der Waals surface area contributed by atoms with Crippen LogP contribution in [0.5, 0.6) is 5.75 Å². The van der Waals surface area contributed by atoms with Crippen LogP contribution < -0.4 is 5.56 Å². The number of rotatable bonds is 2. The number of fused-ring (bicyclic) bond motifs is 3. The Morgan fingerprint density at radius 1 is 1.08 bits per heavy atom.